The van der Waals surface area contributed by atoms with Gasteiger partial charge in [-0.2, -0.15) is 0 Å². The van der Waals surface area contributed by atoms with Gasteiger partial charge in [0, 0.05) is 23.8 Å². The molecular formula is C13H13BFNO4. The fourth-order valence-corrected chi connectivity index (χ4v) is 1.71. The van der Waals surface area contributed by atoms with E-state index in [4.69, 9.17) is 14.8 Å². The summed E-state index contributed by atoms with van der Waals surface area (Å²) in [7, 11) is -1.85. The predicted molar refractivity (Wildman–Crippen MR) is 72.4 cm³/mol. The molecule has 2 N–H and O–H groups in total. The van der Waals surface area contributed by atoms with Gasteiger partial charge in [-0.3, -0.25) is 4.79 Å². The highest BCUT2D eigenvalue weighted by atomic mass is 19.1. The van der Waals surface area contributed by atoms with E-state index in [-0.39, 0.29) is 23.4 Å². The Morgan fingerprint density at radius 1 is 1.25 bits per heavy atom. The standard InChI is InChI=1S/C13H13BFNO4/c15-12-9-10(4-5-11(12)14(18)19)20-8-7-16-6-2-1-3-13(16)17/h1-6,9,18-19H,7-8H2. The summed E-state index contributed by atoms with van der Waals surface area (Å²) in [5.41, 5.74) is -0.349. The number of hydrogen-bond acceptors (Lipinski definition) is 4. The van der Waals surface area contributed by atoms with Crippen molar-refractivity contribution in [3.8, 4) is 5.75 Å². The van der Waals surface area contributed by atoms with Gasteiger partial charge in [0.15, 0.2) is 0 Å². The van der Waals surface area contributed by atoms with Gasteiger partial charge in [-0.05, 0) is 12.1 Å². The van der Waals surface area contributed by atoms with Crippen LogP contribution in [0.1, 0.15) is 0 Å². The van der Waals surface area contributed by atoms with Crippen LogP contribution in [0, 0.1) is 5.82 Å². The Bertz CT molecular complexity index is 644. The fraction of sp³-hybridized carbons (Fsp3) is 0.154. The number of pyridine rings is 1. The summed E-state index contributed by atoms with van der Waals surface area (Å²) in [6.45, 7) is 0.538. The number of aromatic nitrogens is 1. The number of hydrogen-bond donors (Lipinski definition) is 2. The molecule has 0 aliphatic rings. The molecular weight excluding hydrogens is 264 g/mol. The maximum absolute atomic E-state index is 13.5. The lowest BCUT2D eigenvalue weighted by molar-refractivity contribution is 0.295. The van der Waals surface area contributed by atoms with Crippen molar-refractivity contribution in [1.82, 2.24) is 4.57 Å². The summed E-state index contributed by atoms with van der Waals surface area (Å²) < 4.78 is 20.3. The van der Waals surface area contributed by atoms with Crippen LogP contribution in [0.2, 0.25) is 0 Å². The molecule has 1 aromatic heterocycles. The lowest BCUT2D eigenvalue weighted by Gasteiger charge is -2.09. The van der Waals surface area contributed by atoms with E-state index < -0.39 is 12.9 Å². The lowest BCUT2D eigenvalue weighted by Crippen LogP contribution is -2.32. The lowest BCUT2D eigenvalue weighted by atomic mass is 9.80. The number of rotatable bonds is 5. The first-order valence-corrected chi connectivity index (χ1v) is 6.02. The number of benzene rings is 1. The molecule has 0 radical (unpaired) electrons. The minimum absolute atomic E-state index is 0.138. The van der Waals surface area contributed by atoms with E-state index in [2.05, 4.69) is 0 Å². The third-order valence-corrected chi connectivity index (χ3v) is 2.75. The van der Waals surface area contributed by atoms with Crippen molar-refractivity contribution in [1.29, 1.82) is 0 Å². The van der Waals surface area contributed by atoms with Crippen molar-refractivity contribution < 1.29 is 19.2 Å². The molecule has 20 heavy (non-hydrogen) atoms. The molecule has 1 heterocycles. The van der Waals surface area contributed by atoms with Crippen LogP contribution >= 0.6 is 0 Å². The zero-order valence-corrected chi connectivity index (χ0v) is 10.6. The van der Waals surface area contributed by atoms with Gasteiger partial charge in [-0.1, -0.05) is 12.1 Å². The summed E-state index contributed by atoms with van der Waals surface area (Å²) in [6.07, 6.45) is 1.64. The first-order valence-electron chi connectivity index (χ1n) is 6.02. The number of ether oxygens (including phenoxy) is 1. The normalized spacial score (nSPS) is 10.3. The van der Waals surface area contributed by atoms with Gasteiger partial charge in [-0.15, -0.1) is 0 Å². The molecule has 0 aliphatic carbocycles. The zero-order chi connectivity index (χ0) is 14.5. The van der Waals surface area contributed by atoms with Crippen molar-refractivity contribution in [2.75, 3.05) is 6.61 Å². The monoisotopic (exact) mass is 277 g/mol. The van der Waals surface area contributed by atoms with Gasteiger partial charge in [0.2, 0.25) is 0 Å². The van der Waals surface area contributed by atoms with Crippen LogP contribution in [0.25, 0.3) is 0 Å². The van der Waals surface area contributed by atoms with Gasteiger partial charge in [0.05, 0.1) is 6.54 Å². The SMILES string of the molecule is O=c1ccccn1CCOc1ccc(B(O)O)c(F)c1. The first kappa shape index (κ1) is 14.3. The minimum Gasteiger partial charge on any atom is -0.492 e. The Morgan fingerprint density at radius 3 is 2.70 bits per heavy atom. The molecule has 1 aromatic carbocycles. The molecule has 0 bridgehead atoms. The van der Waals surface area contributed by atoms with E-state index in [0.29, 0.717) is 6.54 Å². The maximum atomic E-state index is 13.5. The van der Waals surface area contributed by atoms with Crippen LogP contribution in [0.4, 0.5) is 4.39 Å². The second kappa shape index (κ2) is 6.36. The van der Waals surface area contributed by atoms with Gasteiger partial charge in [0.25, 0.3) is 5.56 Å². The quantitative estimate of drug-likeness (QED) is 0.739. The van der Waals surface area contributed by atoms with Crippen LogP contribution in [0.3, 0.4) is 0 Å². The molecule has 0 unspecified atom stereocenters. The second-order valence-electron chi connectivity index (χ2n) is 4.14. The highest BCUT2D eigenvalue weighted by molar-refractivity contribution is 6.58. The van der Waals surface area contributed by atoms with Crippen LogP contribution < -0.4 is 15.8 Å². The second-order valence-corrected chi connectivity index (χ2v) is 4.14. The number of halogens is 1. The largest absolute Gasteiger partial charge is 0.492 e. The van der Waals surface area contributed by atoms with Gasteiger partial charge in [-0.25, -0.2) is 4.39 Å². The Balaban J connectivity index is 1.97. The van der Waals surface area contributed by atoms with Gasteiger partial charge in [0.1, 0.15) is 18.2 Å². The van der Waals surface area contributed by atoms with Gasteiger partial charge >= 0.3 is 7.12 Å². The minimum atomic E-state index is -1.85. The van der Waals surface area contributed by atoms with E-state index in [9.17, 15) is 9.18 Å². The van der Waals surface area contributed by atoms with E-state index in [1.165, 1.54) is 22.8 Å². The van der Waals surface area contributed by atoms with Crippen molar-refractivity contribution in [3.63, 3.8) is 0 Å². The van der Waals surface area contributed by atoms with Crippen LogP contribution in [-0.4, -0.2) is 28.3 Å². The summed E-state index contributed by atoms with van der Waals surface area (Å²) in [4.78, 5) is 11.4. The molecule has 0 saturated heterocycles. The van der Waals surface area contributed by atoms with Crippen molar-refractivity contribution in [2.24, 2.45) is 0 Å². The van der Waals surface area contributed by atoms with Crippen LogP contribution in [0.5, 0.6) is 5.75 Å². The van der Waals surface area contributed by atoms with Crippen molar-refractivity contribution >= 4 is 12.6 Å². The third-order valence-electron chi connectivity index (χ3n) is 2.75. The van der Waals surface area contributed by atoms with E-state index in [1.54, 1.807) is 18.3 Å². The predicted octanol–water partition coefficient (Wildman–Crippen LogP) is -0.254. The van der Waals surface area contributed by atoms with E-state index >= 15 is 0 Å². The molecule has 2 rings (SSSR count). The first-order chi connectivity index (χ1) is 9.58. The molecule has 0 aliphatic heterocycles. The van der Waals surface area contributed by atoms with Crippen LogP contribution in [-0.2, 0) is 6.54 Å². The average molecular weight is 277 g/mol. The Morgan fingerprint density at radius 2 is 2.05 bits per heavy atom. The molecule has 2 aromatic rings. The Hall–Kier alpha value is -2.12. The molecule has 7 heteroatoms. The topological polar surface area (TPSA) is 71.7 Å². The molecule has 0 fully saturated rings. The summed E-state index contributed by atoms with van der Waals surface area (Å²) >= 11 is 0. The molecule has 0 atom stereocenters. The van der Waals surface area contributed by atoms with Gasteiger partial charge < -0.3 is 19.4 Å². The summed E-state index contributed by atoms with van der Waals surface area (Å²) in [5.74, 6) is -0.495. The Labute approximate surface area is 115 Å². The smallest absolute Gasteiger partial charge is 0.491 e. The summed E-state index contributed by atoms with van der Waals surface area (Å²) in [5, 5.41) is 17.8. The average Bonchev–Trinajstić information content (AvgIpc) is 2.40. The fourth-order valence-electron chi connectivity index (χ4n) is 1.71. The van der Waals surface area contributed by atoms with Crippen molar-refractivity contribution in [3.05, 3.63) is 58.8 Å². The third kappa shape index (κ3) is 3.46. The highest BCUT2D eigenvalue weighted by Gasteiger charge is 2.16. The number of nitrogens with zero attached hydrogens (tertiary/aromatic N) is 1. The van der Waals surface area contributed by atoms with Crippen LogP contribution in [0.15, 0.2) is 47.4 Å². The molecule has 104 valence electrons. The zero-order valence-electron chi connectivity index (χ0n) is 10.6. The molecule has 5 nitrogen and oxygen atoms in total. The highest BCUT2D eigenvalue weighted by Crippen LogP contribution is 2.11. The summed E-state index contributed by atoms with van der Waals surface area (Å²) in [6, 6.07) is 8.57. The maximum Gasteiger partial charge on any atom is 0.491 e. The molecule has 0 amide bonds. The van der Waals surface area contributed by atoms with E-state index in [0.717, 1.165) is 6.07 Å². The van der Waals surface area contributed by atoms with E-state index in [1.807, 2.05) is 0 Å². The molecule has 0 saturated carbocycles. The molecule has 0 spiro atoms. The Kier molecular flexibility index (Phi) is 4.55. The van der Waals surface area contributed by atoms with Crippen molar-refractivity contribution in [2.45, 2.75) is 6.54 Å².